The second-order valence-electron chi connectivity index (χ2n) is 7.22. The Labute approximate surface area is 151 Å². The summed E-state index contributed by atoms with van der Waals surface area (Å²) in [6.07, 6.45) is 10.3. The first-order valence-corrected chi connectivity index (χ1v) is 9.69. The molecule has 0 aromatic heterocycles. The third kappa shape index (κ3) is 3.74. The summed E-state index contributed by atoms with van der Waals surface area (Å²) in [6.45, 7) is 2.18. The topological polar surface area (TPSA) is 21.7 Å². The number of likely N-dealkylation sites (tertiary alicyclic amines) is 1. The van der Waals surface area contributed by atoms with Gasteiger partial charge >= 0.3 is 0 Å². The van der Waals surface area contributed by atoms with Gasteiger partial charge in [0.05, 0.1) is 12.7 Å². The zero-order valence-electron chi connectivity index (χ0n) is 15.0. The third-order valence-corrected chi connectivity index (χ3v) is 6.23. The lowest BCUT2D eigenvalue weighted by Crippen LogP contribution is -2.47. The minimum Gasteiger partial charge on any atom is -0.496 e. The summed E-state index contributed by atoms with van der Waals surface area (Å²) in [5, 5.41) is 0.744. The van der Waals surface area contributed by atoms with Crippen LogP contribution in [-0.4, -0.2) is 38.3 Å². The Hall–Kier alpha value is -0.770. The molecule has 0 radical (unpaired) electrons. The molecule has 3 nitrogen and oxygen atoms in total. The van der Waals surface area contributed by atoms with Crippen molar-refractivity contribution in [3.8, 4) is 5.75 Å². The number of ether oxygens (including phenoxy) is 2. The van der Waals surface area contributed by atoms with Crippen LogP contribution < -0.4 is 4.74 Å². The van der Waals surface area contributed by atoms with E-state index in [1.165, 1.54) is 38.5 Å². The van der Waals surface area contributed by atoms with Gasteiger partial charge in [-0.2, -0.15) is 0 Å². The maximum Gasteiger partial charge on any atom is 0.125 e. The fraction of sp³-hybridized carbons (Fsp3) is 0.700. The molecule has 1 heterocycles. The lowest BCUT2D eigenvalue weighted by molar-refractivity contribution is -0.0712. The number of rotatable bonds is 4. The molecule has 1 aromatic rings. The van der Waals surface area contributed by atoms with Crippen molar-refractivity contribution in [2.45, 2.75) is 63.0 Å². The van der Waals surface area contributed by atoms with E-state index >= 15 is 0 Å². The van der Waals surface area contributed by atoms with E-state index in [1.54, 1.807) is 7.11 Å². The molecule has 0 bridgehead atoms. The van der Waals surface area contributed by atoms with Gasteiger partial charge in [-0.05, 0) is 43.9 Å². The molecule has 4 heteroatoms. The van der Waals surface area contributed by atoms with Gasteiger partial charge in [-0.3, -0.25) is 0 Å². The first-order chi connectivity index (χ1) is 11.7. The number of methoxy groups -OCH3 is 2. The van der Waals surface area contributed by atoms with Crippen LogP contribution in [0.1, 0.15) is 56.9 Å². The van der Waals surface area contributed by atoms with Crippen molar-refractivity contribution in [2.24, 2.45) is 0 Å². The van der Waals surface area contributed by atoms with Crippen LogP contribution in [0.25, 0.3) is 0 Å². The Kier molecular flexibility index (Phi) is 6.07. The summed E-state index contributed by atoms with van der Waals surface area (Å²) in [7, 11) is 3.54. The number of benzene rings is 1. The van der Waals surface area contributed by atoms with Gasteiger partial charge in [0.2, 0.25) is 0 Å². The van der Waals surface area contributed by atoms with E-state index in [1.807, 2.05) is 25.3 Å². The lowest BCUT2D eigenvalue weighted by Gasteiger charge is -2.44. The molecule has 0 amide bonds. The Morgan fingerprint density at radius 1 is 1.04 bits per heavy atom. The van der Waals surface area contributed by atoms with Gasteiger partial charge in [-0.25, -0.2) is 0 Å². The first kappa shape index (κ1) is 18.0. The van der Waals surface area contributed by atoms with Crippen molar-refractivity contribution >= 4 is 11.6 Å². The molecular weight excluding hydrogens is 322 g/mol. The minimum atomic E-state index is -0.280. The number of hydrogen-bond acceptors (Lipinski definition) is 3. The normalized spacial score (nSPS) is 23.0. The molecule has 0 atom stereocenters. The van der Waals surface area contributed by atoms with E-state index in [9.17, 15) is 0 Å². The van der Waals surface area contributed by atoms with E-state index in [-0.39, 0.29) is 5.60 Å². The van der Waals surface area contributed by atoms with Crippen LogP contribution in [0.4, 0.5) is 0 Å². The Morgan fingerprint density at radius 3 is 2.29 bits per heavy atom. The molecule has 0 N–H and O–H groups in total. The number of halogens is 1. The molecule has 1 aliphatic carbocycles. The largest absolute Gasteiger partial charge is 0.496 e. The Balaban J connectivity index is 1.75. The summed E-state index contributed by atoms with van der Waals surface area (Å²) < 4.78 is 11.6. The maximum absolute atomic E-state index is 6.26. The van der Waals surface area contributed by atoms with Crippen LogP contribution in [0.5, 0.6) is 5.75 Å². The molecule has 1 saturated heterocycles. The molecule has 1 saturated carbocycles. The van der Waals surface area contributed by atoms with Crippen LogP contribution in [0, 0.1) is 0 Å². The second kappa shape index (κ2) is 8.07. The summed E-state index contributed by atoms with van der Waals surface area (Å²) in [4.78, 5) is 2.69. The van der Waals surface area contributed by atoms with Gasteiger partial charge < -0.3 is 14.4 Å². The molecule has 134 valence electrons. The highest BCUT2D eigenvalue weighted by Gasteiger charge is 2.40. The highest BCUT2D eigenvalue weighted by atomic mass is 35.5. The molecule has 24 heavy (non-hydrogen) atoms. The van der Waals surface area contributed by atoms with Crippen LogP contribution in [-0.2, 0) is 10.3 Å². The van der Waals surface area contributed by atoms with Crippen LogP contribution in [0.2, 0.25) is 5.02 Å². The van der Waals surface area contributed by atoms with Crippen molar-refractivity contribution in [2.75, 3.05) is 27.3 Å². The zero-order chi connectivity index (χ0) is 17.0. The molecule has 0 spiro atoms. The number of piperidine rings is 1. The lowest BCUT2D eigenvalue weighted by atomic mass is 9.82. The van der Waals surface area contributed by atoms with Gasteiger partial charge in [-0.15, -0.1) is 0 Å². The summed E-state index contributed by atoms with van der Waals surface area (Å²) in [6, 6.07) is 6.62. The molecule has 1 aromatic carbocycles. The molecule has 1 aliphatic heterocycles. The molecule has 0 unspecified atom stereocenters. The van der Waals surface area contributed by atoms with E-state index < -0.39 is 0 Å². The van der Waals surface area contributed by atoms with E-state index in [2.05, 4.69) is 4.90 Å². The van der Waals surface area contributed by atoms with Crippen molar-refractivity contribution in [3.63, 3.8) is 0 Å². The van der Waals surface area contributed by atoms with Crippen LogP contribution >= 0.6 is 11.6 Å². The van der Waals surface area contributed by atoms with Gasteiger partial charge in [0.25, 0.3) is 0 Å². The molecule has 3 rings (SSSR count). The van der Waals surface area contributed by atoms with Gasteiger partial charge in [0.15, 0.2) is 0 Å². The van der Waals surface area contributed by atoms with Crippen LogP contribution in [0.3, 0.4) is 0 Å². The van der Waals surface area contributed by atoms with Gasteiger partial charge in [0.1, 0.15) is 5.75 Å². The molecule has 2 fully saturated rings. The second-order valence-corrected chi connectivity index (χ2v) is 7.66. The average Bonchev–Trinajstić information content (AvgIpc) is 2.91. The number of hydrogen-bond donors (Lipinski definition) is 0. The van der Waals surface area contributed by atoms with E-state index in [4.69, 9.17) is 21.1 Å². The summed E-state index contributed by atoms with van der Waals surface area (Å²) in [5.74, 6) is 0.879. The number of nitrogens with zero attached hydrogens (tertiary/aromatic N) is 1. The summed E-state index contributed by atoms with van der Waals surface area (Å²) in [5.41, 5.74) is 0.817. The maximum atomic E-state index is 6.26. The zero-order valence-corrected chi connectivity index (χ0v) is 15.8. The molecular formula is C20H30ClNO2. The fourth-order valence-electron chi connectivity index (χ4n) is 4.49. The summed E-state index contributed by atoms with van der Waals surface area (Å²) >= 11 is 6.26. The Bertz CT molecular complexity index is 532. The van der Waals surface area contributed by atoms with Crippen molar-refractivity contribution in [3.05, 3.63) is 28.8 Å². The van der Waals surface area contributed by atoms with E-state index in [0.29, 0.717) is 0 Å². The van der Waals surface area contributed by atoms with Crippen LogP contribution in [0.15, 0.2) is 18.2 Å². The average molecular weight is 352 g/mol. The highest BCUT2D eigenvalue weighted by molar-refractivity contribution is 6.30. The third-order valence-electron chi connectivity index (χ3n) is 5.99. The predicted molar refractivity (Wildman–Crippen MR) is 99.0 cm³/mol. The Morgan fingerprint density at radius 2 is 1.71 bits per heavy atom. The SMILES string of the molecule is COc1ccc(Cl)cc1C1(OC)CCN(C2CCCCCC2)CC1. The monoisotopic (exact) mass is 351 g/mol. The van der Waals surface area contributed by atoms with Gasteiger partial charge in [-0.1, -0.05) is 37.3 Å². The van der Waals surface area contributed by atoms with E-state index in [0.717, 1.165) is 48.3 Å². The smallest absolute Gasteiger partial charge is 0.125 e. The molecule has 2 aliphatic rings. The van der Waals surface area contributed by atoms with Crippen molar-refractivity contribution in [1.29, 1.82) is 0 Å². The standard InChI is InChI=1S/C20H30ClNO2/c1-23-19-10-9-16(21)15-18(19)20(24-2)11-13-22(14-12-20)17-7-5-3-4-6-8-17/h9-10,15,17H,3-8,11-14H2,1-2H3. The predicted octanol–water partition coefficient (Wildman–Crippen LogP) is 5.01. The van der Waals surface area contributed by atoms with Crippen molar-refractivity contribution in [1.82, 2.24) is 4.90 Å². The van der Waals surface area contributed by atoms with Crippen molar-refractivity contribution < 1.29 is 9.47 Å². The fourth-order valence-corrected chi connectivity index (χ4v) is 4.67. The van der Waals surface area contributed by atoms with Gasteiger partial charge in [0, 0.05) is 36.8 Å². The first-order valence-electron chi connectivity index (χ1n) is 9.32. The minimum absolute atomic E-state index is 0.280. The quantitative estimate of drug-likeness (QED) is 0.712. The highest BCUT2D eigenvalue weighted by Crippen LogP contribution is 2.42.